The summed E-state index contributed by atoms with van der Waals surface area (Å²) in [4.78, 5) is 0. The van der Waals surface area contributed by atoms with Gasteiger partial charge in [-0.1, -0.05) is 31.2 Å². The van der Waals surface area contributed by atoms with Gasteiger partial charge in [0.15, 0.2) is 0 Å². The Kier molecular flexibility index (Phi) is 2.90. The molecule has 3 rings (SSSR count). The van der Waals surface area contributed by atoms with Crippen LogP contribution in [0.3, 0.4) is 0 Å². The monoisotopic (exact) mass is 249 g/mol. The Hall–Kier alpha value is -2.02. The molecule has 0 aliphatic carbocycles. The number of rotatable bonds is 2. The van der Waals surface area contributed by atoms with E-state index in [0.717, 1.165) is 6.42 Å². The van der Waals surface area contributed by atoms with Crippen molar-refractivity contribution in [2.75, 3.05) is 0 Å². The van der Waals surface area contributed by atoms with Crippen molar-refractivity contribution < 1.29 is 0 Å². The third-order valence-corrected chi connectivity index (χ3v) is 3.90. The Morgan fingerprint density at radius 3 is 2.42 bits per heavy atom. The SMILES string of the molecule is CCc1ccc2cc(-c3ccc(C)c(C)c3)cn2c1. The van der Waals surface area contributed by atoms with Gasteiger partial charge in [-0.2, -0.15) is 0 Å². The van der Waals surface area contributed by atoms with Gasteiger partial charge in [0.25, 0.3) is 0 Å². The first-order valence-electron chi connectivity index (χ1n) is 6.85. The normalized spacial score (nSPS) is 11.1. The summed E-state index contributed by atoms with van der Waals surface area (Å²) in [5, 5.41) is 0. The Labute approximate surface area is 114 Å². The summed E-state index contributed by atoms with van der Waals surface area (Å²) >= 11 is 0. The van der Waals surface area contributed by atoms with Crippen molar-refractivity contribution in [3.8, 4) is 11.1 Å². The molecule has 0 aliphatic rings. The molecule has 0 radical (unpaired) electrons. The van der Waals surface area contributed by atoms with Crippen LogP contribution >= 0.6 is 0 Å². The molecule has 0 saturated heterocycles. The van der Waals surface area contributed by atoms with E-state index in [-0.39, 0.29) is 0 Å². The molecule has 0 N–H and O–H groups in total. The van der Waals surface area contributed by atoms with E-state index in [1.54, 1.807) is 0 Å². The molecule has 0 spiro atoms. The minimum absolute atomic E-state index is 1.08. The number of nitrogens with zero attached hydrogens (tertiary/aromatic N) is 1. The Bertz CT molecular complexity index is 735. The zero-order valence-corrected chi connectivity index (χ0v) is 11.8. The molecule has 0 atom stereocenters. The van der Waals surface area contributed by atoms with E-state index >= 15 is 0 Å². The molecule has 3 aromatic rings. The minimum Gasteiger partial charge on any atom is -0.323 e. The fraction of sp³-hybridized carbons (Fsp3) is 0.222. The Balaban J connectivity index is 2.11. The average Bonchev–Trinajstić information content (AvgIpc) is 2.84. The van der Waals surface area contributed by atoms with E-state index in [2.05, 4.69) is 74.0 Å². The highest BCUT2D eigenvalue weighted by atomic mass is 14.9. The van der Waals surface area contributed by atoms with Gasteiger partial charge in [-0.15, -0.1) is 0 Å². The number of hydrogen-bond acceptors (Lipinski definition) is 0. The van der Waals surface area contributed by atoms with E-state index in [1.807, 2.05) is 0 Å². The summed E-state index contributed by atoms with van der Waals surface area (Å²) in [5.41, 5.74) is 7.91. The molecule has 1 heteroatoms. The quantitative estimate of drug-likeness (QED) is 0.615. The first kappa shape index (κ1) is 12.0. The smallest absolute Gasteiger partial charge is 0.0456 e. The first-order valence-corrected chi connectivity index (χ1v) is 6.85. The second-order valence-electron chi connectivity index (χ2n) is 5.25. The number of aryl methyl sites for hydroxylation is 3. The van der Waals surface area contributed by atoms with Gasteiger partial charge in [0.05, 0.1) is 0 Å². The van der Waals surface area contributed by atoms with Crippen LogP contribution in [0.4, 0.5) is 0 Å². The van der Waals surface area contributed by atoms with E-state index in [9.17, 15) is 0 Å². The lowest BCUT2D eigenvalue weighted by atomic mass is 10.0. The molecule has 19 heavy (non-hydrogen) atoms. The molecule has 0 amide bonds. The number of hydrogen-bond donors (Lipinski definition) is 0. The molecule has 0 unspecified atom stereocenters. The molecule has 0 bridgehead atoms. The van der Waals surface area contributed by atoms with Crippen molar-refractivity contribution in [2.45, 2.75) is 27.2 Å². The molecule has 1 nitrogen and oxygen atoms in total. The van der Waals surface area contributed by atoms with E-state index in [0.29, 0.717) is 0 Å². The fourth-order valence-corrected chi connectivity index (χ4v) is 2.44. The average molecular weight is 249 g/mol. The summed E-state index contributed by atoms with van der Waals surface area (Å²) in [6.45, 7) is 6.52. The van der Waals surface area contributed by atoms with Crippen molar-refractivity contribution in [2.24, 2.45) is 0 Å². The van der Waals surface area contributed by atoms with Crippen LogP contribution in [-0.2, 0) is 6.42 Å². The molecular formula is C18H19N. The molecule has 2 aromatic heterocycles. The zero-order chi connectivity index (χ0) is 13.4. The fourth-order valence-electron chi connectivity index (χ4n) is 2.44. The van der Waals surface area contributed by atoms with E-state index in [4.69, 9.17) is 0 Å². The van der Waals surface area contributed by atoms with E-state index in [1.165, 1.54) is 33.3 Å². The Morgan fingerprint density at radius 2 is 1.68 bits per heavy atom. The summed E-state index contributed by atoms with van der Waals surface area (Å²) in [6.07, 6.45) is 5.52. The zero-order valence-electron chi connectivity index (χ0n) is 11.8. The van der Waals surface area contributed by atoms with Crippen LogP contribution in [0.25, 0.3) is 16.6 Å². The number of fused-ring (bicyclic) bond motifs is 1. The maximum Gasteiger partial charge on any atom is 0.0456 e. The maximum atomic E-state index is 2.27. The number of pyridine rings is 1. The molecule has 1 aromatic carbocycles. The van der Waals surface area contributed by atoms with Gasteiger partial charge in [-0.25, -0.2) is 0 Å². The highest BCUT2D eigenvalue weighted by molar-refractivity contribution is 5.71. The van der Waals surface area contributed by atoms with Gasteiger partial charge >= 0.3 is 0 Å². The molecule has 0 saturated carbocycles. The van der Waals surface area contributed by atoms with Crippen molar-refractivity contribution in [1.82, 2.24) is 4.40 Å². The molecule has 96 valence electrons. The largest absolute Gasteiger partial charge is 0.323 e. The highest BCUT2D eigenvalue weighted by Gasteiger charge is 2.04. The van der Waals surface area contributed by atoms with E-state index < -0.39 is 0 Å². The lowest BCUT2D eigenvalue weighted by molar-refractivity contribution is 1.07. The van der Waals surface area contributed by atoms with Gasteiger partial charge < -0.3 is 4.40 Å². The second-order valence-corrected chi connectivity index (χ2v) is 5.25. The van der Waals surface area contributed by atoms with Gasteiger partial charge in [0, 0.05) is 23.5 Å². The number of benzene rings is 1. The van der Waals surface area contributed by atoms with Crippen molar-refractivity contribution in [1.29, 1.82) is 0 Å². The molecular weight excluding hydrogens is 230 g/mol. The van der Waals surface area contributed by atoms with Crippen LogP contribution in [0.2, 0.25) is 0 Å². The van der Waals surface area contributed by atoms with Crippen LogP contribution < -0.4 is 0 Å². The topological polar surface area (TPSA) is 4.41 Å². The van der Waals surface area contributed by atoms with Gasteiger partial charge in [-0.05, 0) is 54.7 Å². The third kappa shape index (κ3) is 2.17. The third-order valence-electron chi connectivity index (χ3n) is 3.90. The lowest BCUT2D eigenvalue weighted by Crippen LogP contribution is -1.86. The van der Waals surface area contributed by atoms with Gasteiger partial charge in [0.2, 0.25) is 0 Å². The van der Waals surface area contributed by atoms with Crippen molar-refractivity contribution in [3.05, 3.63) is 65.5 Å². The molecule has 0 aliphatic heterocycles. The van der Waals surface area contributed by atoms with Crippen LogP contribution in [0.1, 0.15) is 23.6 Å². The first-order chi connectivity index (χ1) is 9.17. The molecule has 0 fully saturated rings. The van der Waals surface area contributed by atoms with Crippen molar-refractivity contribution in [3.63, 3.8) is 0 Å². The van der Waals surface area contributed by atoms with Crippen LogP contribution in [0.15, 0.2) is 48.8 Å². The summed E-state index contributed by atoms with van der Waals surface area (Å²) < 4.78 is 2.23. The summed E-state index contributed by atoms with van der Waals surface area (Å²) in [5.74, 6) is 0. The number of aromatic nitrogens is 1. The highest BCUT2D eigenvalue weighted by Crippen LogP contribution is 2.25. The van der Waals surface area contributed by atoms with Crippen molar-refractivity contribution >= 4 is 5.52 Å². The van der Waals surface area contributed by atoms with Crippen LogP contribution in [0.5, 0.6) is 0 Å². The van der Waals surface area contributed by atoms with Gasteiger partial charge in [-0.3, -0.25) is 0 Å². The second kappa shape index (κ2) is 4.58. The van der Waals surface area contributed by atoms with Crippen LogP contribution in [0, 0.1) is 13.8 Å². The lowest BCUT2D eigenvalue weighted by Gasteiger charge is -2.02. The summed E-state index contributed by atoms with van der Waals surface area (Å²) in [6, 6.07) is 13.3. The van der Waals surface area contributed by atoms with Crippen LogP contribution in [-0.4, -0.2) is 4.40 Å². The standard InChI is InChI=1S/C18H19N/c1-4-15-6-8-18-10-17(12-19(18)11-15)16-7-5-13(2)14(3)9-16/h5-12H,4H2,1-3H3. The van der Waals surface area contributed by atoms with Gasteiger partial charge in [0.1, 0.15) is 0 Å². The predicted octanol–water partition coefficient (Wildman–Crippen LogP) is 4.79. The predicted molar refractivity (Wildman–Crippen MR) is 81.7 cm³/mol. The maximum absolute atomic E-state index is 2.27. The molecule has 2 heterocycles. The summed E-state index contributed by atoms with van der Waals surface area (Å²) in [7, 11) is 0. The minimum atomic E-state index is 1.08. The Morgan fingerprint density at radius 1 is 0.842 bits per heavy atom.